The molecule has 13 nitrogen and oxygen atoms in total. The lowest BCUT2D eigenvalue weighted by Gasteiger charge is -2.49. The molecule has 0 aliphatic rings. The maximum atomic E-state index is 10.3. The Balaban J connectivity index is 0. The highest BCUT2D eigenvalue weighted by molar-refractivity contribution is 5.88. The smallest absolute Gasteiger partial charge is 0.336 e. The van der Waals surface area contributed by atoms with E-state index >= 15 is 0 Å². The summed E-state index contributed by atoms with van der Waals surface area (Å²) in [5, 5.41) is 72.6. The second-order valence-electron chi connectivity index (χ2n) is 9.00. The van der Waals surface area contributed by atoms with Gasteiger partial charge >= 0.3 is 17.9 Å². The lowest BCUT2D eigenvalue weighted by atomic mass is 9.66. The molecule has 0 aromatic carbocycles. The highest BCUT2D eigenvalue weighted by Crippen LogP contribution is 2.35. The summed E-state index contributed by atoms with van der Waals surface area (Å²) in [7, 11) is 0. The highest BCUT2D eigenvalue weighted by atomic mass is 16.4. The summed E-state index contributed by atoms with van der Waals surface area (Å²) in [5.41, 5.74) is 7.92. The van der Waals surface area contributed by atoms with Crippen molar-refractivity contribution in [2.75, 3.05) is 0 Å². The molecule has 0 fully saturated rings. The van der Waals surface area contributed by atoms with Crippen LogP contribution in [0.25, 0.3) is 0 Å². The van der Waals surface area contributed by atoms with E-state index in [1.165, 1.54) is 0 Å². The molecule has 0 saturated heterocycles. The molecule has 0 aromatic heterocycles. The summed E-state index contributed by atoms with van der Waals surface area (Å²) in [6, 6.07) is 0. The second kappa shape index (κ2) is 13.7. The van der Waals surface area contributed by atoms with Gasteiger partial charge in [0.25, 0.3) is 0 Å². The van der Waals surface area contributed by atoms with E-state index in [2.05, 4.69) is 0 Å². The van der Waals surface area contributed by atoms with Gasteiger partial charge in [0, 0.05) is 11.1 Å². The van der Waals surface area contributed by atoms with Gasteiger partial charge in [-0.25, -0.2) is 4.79 Å². The first-order valence-corrected chi connectivity index (χ1v) is 10.4. The highest BCUT2D eigenvalue weighted by Gasteiger charge is 2.48. The van der Waals surface area contributed by atoms with Gasteiger partial charge in [0.05, 0.1) is 37.3 Å². The van der Waals surface area contributed by atoms with Crippen molar-refractivity contribution in [2.45, 2.75) is 107 Å². The Morgan fingerprint density at radius 1 is 0.636 bits per heavy atom. The van der Waals surface area contributed by atoms with E-state index in [4.69, 9.17) is 31.9 Å². The van der Waals surface area contributed by atoms with Crippen molar-refractivity contribution in [3.63, 3.8) is 0 Å². The zero-order chi connectivity index (χ0) is 26.8. The van der Waals surface area contributed by atoms with Crippen molar-refractivity contribution in [3.8, 4) is 0 Å². The number of nitrogens with two attached hydrogens (primary N) is 2. The van der Waals surface area contributed by atoms with Crippen LogP contribution >= 0.6 is 0 Å². The maximum Gasteiger partial charge on any atom is 0.336 e. The van der Waals surface area contributed by atoms with E-state index in [0.717, 1.165) is 0 Å². The van der Waals surface area contributed by atoms with Gasteiger partial charge in [0.2, 0.25) is 0 Å². The van der Waals surface area contributed by atoms with Gasteiger partial charge in [-0.2, -0.15) is 0 Å². The van der Waals surface area contributed by atoms with Crippen molar-refractivity contribution in [1.29, 1.82) is 0 Å². The van der Waals surface area contributed by atoms with Gasteiger partial charge in [0.15, 0.2) is 5.60 Å². The Bertz CT molecular complexity index is 572. The molecule has 0 amide bonds. The molecule has 0 saturated carbocycles. The number of carboxylic acid groups (broad SMARTS) is 3. The fourth-order valence-electron chi connectivity index (χ4n) is 3.80. The van der Waals surface area contributed by atoms with E-state index < -0.39 is 71.8 Å². The van der Waals surface area contributed by atoms with Crippen molar-refractivity contribution in [3.05, 3.63) is 0 Å². The molecule has 0 heterocycles. The lowest BCUT2D eigenvalue weighted by Crippen LogP contribution is -2.69. The monoisotopic (exact) mass is 484 g/mol. The standard InChI is InChI=1S/C14H32N2O4.C6H8O7/c1-9(17)5-13(15,6-10(2)18)14(16,7-11(3)19)8-12(4)20;7-3(8)1-6(13,5(11)12)2-4(9)10/h9-12,17-20H,5-8,15-16H2,1-4H3;13H,1-2H2,(H,7,8)(H,9,10)(H,11,12). The van der Waals surface area contributed by atoms with Crippen LogP contribution in [0.3, 0.4) is 0 Å². The molecule has 13 heteroatoms. The third-order valence-corrected chi connectivity index (χ3v) is 4.92. The number of hydrogen-bond donors (Lipinski definition) is 10. The van der Waals surface area contributed by atoms with Crippen molar-refractivity contribution >= 4 is 17.9 Å². The summed E-state index contributed by atoms with van der Waals surface area (Å²) < 4.78 is 0. The van der Waals surface area contributed by atoms with E-state index in [9.17, 15) is 34.8 Å². The normalized spacial score (nSPS) is 19.0. The topological polar surface area (TPSA) is 265 Å². The summed E-state index contributed by atoms with van der Waals surface area (Å²) in [5.74, 6) is -5.02. The van der Waals surface area contributed by atoms with Gasteiger partial charge in [0.1, 0.15) is 0 Å². The molecular weight excluding hydrogens is 444 g/mol. The number of aliphatic hydroxyl groups is 5. The number of aliphatic carboxylic acids is 3. The molecule has 4 atom stereocenters. The van der Waals surface area contributed by atoms with Crippen LogP contribution in [0.4, 0.5) is 0 Å². The Morgan fingerprint density at radius 2 is 0.848 bits per heavy atom. The van der Waals surface area contributed by atoms with E-state index in [-0.39, 0.29) is 25.7 Å². The maximum absolute atomic E-state index is 10.3. The lowest BCUT2D eigenvalue weighted by molar-refractivity contribution is -0.170. The molecule has 0 spiro atoms. The molecular formula is C20H40N2O11. The molecule has 4 unspecified atom stereocenters. The predicted molar refractivity (Wildman–Crippen MR) is 116 cm³/mol. The Morgan fingerprint density at radius 3 is 0.970 bits per heavy atom. The number of hydrogen-bond acceptors (Lipinski definition) is 10. The molecule has 12 N–H and O–H groups in total. The number of aliphatic hydroxyl groups excluding tert-OH is 4. The van der Waals surface area contributed by atoms with Crippen LogP contribution in [-0.2, 0) is 14.4 Å². The second-order valence-corrected chi connectivity index (χ2v) is 9.00. The van der Waals surface area contributed by atoms with Crippen LogP contribution in [-0.4, -0.2) is 99.9 Å². The molecule has 0 radical (unpaired) electrons. The Kier molecular flexibility index (Phi) is 13.9. The van der Waals surface area contributed by atoms with Crippen LogP contribution in [0.15, 0.2) is 0 Å². The SMILES string of the molecule is CC(O)CC(N)(CC(C)O)C(N)(CC(C)O)CC(C)O.O=C(O)CC(O)(CC(=O)O)C(=O)O. The van der Waals surface area contributed by atoms with Crippen molar-refractivity contribution < 1.29 is 55.2 Å². The largest absolute Gasteiger partial charge is 0.481 e. The minimum atomic E-state index is -2.74. The summed E-state index contributed by atoms with van der Waals surface area (Å²) in [4.78, 5) is 30.5. The zero-order valence-electron chi connectivity index (χ0n) is 19.5. The van der Waals surface area contributed by atoms with Crippen LogP contribution in [0.5, 0.6) is 0 Å². The number of rotatable bonds is 14. The van der Waals surface area contributed by atoms with Crippen LogP contribution in [0.1, 0.15) is 66.2 Å². The fraction of sp³-hybridized carbons (Fsp3) is 0.850. The van der Waals surface area contributed by atoms with Gasteiger partial charge in [-0.15, -0.1) is 0 Å². The van der Waals surface area contributed by atoms with Gasteiger partial charge < -0.3 is 52.3 Å². The van der Waals surface area contributed by atoms with Crippen LogP contribution < -0.4 is 11.5 Å². The molecule has 0 rings (SSSR count). The Labute approximate surface area is 192 Å². The third kappa shape index (κ3) is 12.8. The minimum absolute atomic E-state index is 0.188. The average molecular weight is 485 g/mol. The first kappa shape index (κ1) is 33.3. The molecule has 0 aromatic rings. The van der Waals surface area contributed by atoms with Crippen molar-refractivity contribution in [1.82, 2.24) is 0 Å². The first-order chi connectivity index (χ1) is 14.7. The van der Waals surface area contributed by atoms with Crippen LogP contribution in [0.2, 0.25) is 0 Å². The first-order valence-electron chi connectivity index (χ1n) is 10.4. The van der Waals surface area contributed by atoms with Gasteiger partial charge in [-0.3, -0.25) is 9.59 Å². The van der Waals surface area contributed by atoms with Gasteiger partial charge in [-0.1, -0.05) is 0 Å². The molecule has 0 bridgehead atoms. The molecule has 0 aliphatic heterocycles. The van der Waals surface area contributed by atoms with E-state index in [1.54, 1.807) is 27.7 Å². The molecule has 0 aliphatic carbocycles. The summed E-state index contributed by atoms with van der Waals surface area (Å²) in [6.45, 7) is 6.42. The fourth-order valence-corrected chi connectivity index (χ4v) is 3.80. The number of carbonyl (C=O) groups is 3. The summed E-state index contributed by atoms with van der Waals surface area (Å²) >= 11 is 0. The van der Waals surface area contributed by atoms with Gasteiger partial charge in [-0.05, 0) is 53.4 Å². The molecule has 196 valence electrons. The average Bonchev–Trinajstić information content (AvgIpc) is 2.49. The van der Waals surface area contributed by atoms with Crippen molar-refractivity contribution in [2.24, 2.45) is 11.5 Å². The number of carboxylic acids is 3. The minimum Gasteiger partial charge on any atom is -0.481 e. The predicted octanol–water partition coefficient (Wildman–Crippen LogP) is -1.78. The van der Waals surface area contributed by atoms with E-state index in [0.29, 0.717) is 0 Å². The van der Waals surface area contributed by atoms with Crippen LogP contribution in [0, 0.1) is 0 Å². The molecule has 33 heavy (non-hydrogen) atoms. The third-order valence-electron chi connectivity index (χ3n) is 4.92. The van der Waals surface area contributed by atoms with E-state index in [1.807, 2.05) is 0 Å². The quantitative estimate of drug-likeness (QED) is 0.131. The zero-order valence-corrected chi connectivity index (χ0v) is 19.5. The Hall–Kier alpha value is -1.87. The summed E-state index contributed by atoms with van der Waals surface area (Å²) in [6.07, 6.45) is -4.30.